The molecule has 0 saturated carbocycles. The molecule has 2 rings (SSSR count). The van der Waals surface area contributed by atoms with Crippen molar-refractivity contribution in [3.8, 4) is 0 Å². The Morgan fingerprint density at radius 2 is 1.39 bits per heavy atom. The number of hydrogen-bond acceptors (Lipinski definition) is 3. The van der Waals surface area contributed by atoms with Crippen molar-refractivity contribution in [1.29, 1.82) is 0 Å². The summed E-state index contributed by atoms with van der Waals surface area (Å²) in [5.41, 5.74) is 4.69. The molecule has 7 heteroatoms. The number of nitrogens with one attached hydrogen (secondary N) is 2. The Balaban J connectivity index is 2.16. The van der Waals surface area contributed by atoms with Crippen LogP contribution >= 0.6 is 0 Å². The zero-order valence-corrected chi connectivity index (χ0v) is 23.8. The molecule has 1 fully saturated rings. The molecule has 0 aliphatic carbocycles. The highest BCUT2D eigenvalue weighted by Crippen LogP contribution is 2.42. The van der Waals surface area contributed by atoms with Gasteiger partial charge in [0.05, 0.1) is 6.61 Å². The van der Waals surface area contributed by atoms with E-state index >= 15 is 0 Å². The number of hydrogen-bond donors (Lipinski definition) is 2. The van der Waals surface area contributed by atoms with Gasteiger partial charge in [0.15, 0.2) is 0 Å². The van der Waals surface area contributed by atoms with Gasteiger partial charge in [0, 0.05) is 42.0 Å². The fraction of sp³-hybridized carbons (Fsp3) is 0.714. The quantitative estimate of drug-likeness (QED) is 0.409. The lowest BCUT2D eigenvalue weighted by Gasteiger charge is -2.59. The van der Waals surface area contributed by atoms with Gasteiger partial charge in [-0.3, -0.25) is 4.84 Å². The molecule has 1 aliphatic heterocycles. The van der Waals surface area contributed by atoms with E-state index in [0.29, 0.717) is 18.6 Å². The molecule has 2 atom stereocenters. The highest BCUT2D eigenvalue weighted by atomic mass is 29.9. The number of rotatable bonds is 9. The molecular weight excluding hydrogens is 409 g/mol. The van der Waals surface area contributed by atoms with Crippen molar-refractivity contribution in [3.05, 3.63) is 35.9 Å². The van der Waals surface area contributed by atoms with Crippen molar-refractivity contribution >= 4 is 29.4 Å². The van der Waals surface area contributed by atoms with Crippen molar-refractivity contribution in [2.24, 2.45) is 5.92 Å². The van der Waals surface area contributed by atoms with Crippen LogP contribution in [0.1, 0.15) is 5.56 Å². The van der Waals surface area contributed by atoms with Crippen molar-refractivity contribution in [1.82, 2.24) is 10.8 Å². The monoisotopic (exact) mass is 452 g/mol. The van der Waals surface area contributed by atoms with E-state index in [0.717, 1.165) is 13.1 Å². The third-order valence-electron chi connectivity index (χ3n) is 7.07. The first-order valence-electron chi connectivity index (χ1n) is 10.9. The smallest absolute Gasteiger partial charge is 0.0933 e. The average Bonchev–Trinajstić information content (AvgIpc) is 2.97. The lowest BCUT2D eigenvalue weighted by Crippen LogP contribution is -2.83. The van der Waals surface area contributed by atoms with E-state index in [2.05, 4.69) is 100 Å². The average molecular weight is 453 g/mol. The van der Waals surface area contributed by atoms with Gasteiger partial charge in [0.1, 0.15) is 0 Å². The molecule has 2 unspecified atom stereocenters. The largest absolute Gasteiger partial charge is 0.315 e. The third-order valence-corrected chi connectivity index (χ3v) is 81.3. The summed E-state index contributed by atoms with van der Waals surface area (Å²) in [6.45, 7) is 25.8. The molecule has 160 valence electrons. The Kier molecular flexibility index (Phi) is 7.79. The standard InChI is InChI=1S/C21H44N2OSi4/c1-25(2,3)28(26(4,5)6,27(7,8)9)18-20-15-22-16-21(20)23-24-17-19-13-11-10-12-14-19/h10-14,20-23H,15-18H2,1-9H3. The maximum Gasteiger partial charge on any atom is 0.0933 e. The maximum atomic E-state index is 5.96. The third kappa shape index (κ3) is 5.17. The van der Waals surface area contributed by atoms with Gasteiger partial charge in [-0.15, -0.1) is 0 Å². The first-order valence-corrected chi connectivity index (χ1v) is 26.6. The fourth-order valence-corrected chi connectivity index (χ4v) is 105. The summed E-state index contributed by atoms with van der Waals surface area (Å²) in [5.74, 6) is 0.715. The minimum absolute atomic E-state index is 0.444. The highest BCUT2D eigenvalue weighted by molar-refractivity contribution is 7.89. The van der Waals surface area contributed by atoms with Crippen molar-refractivity contribution < 1.29 is 4.84 Å². The fourth-order valence-electron chi connectivity index (χ4n) is 6.58. The van der Waals surface area contributed by atoms with E-state index in [1.54, 1.807) is 0 Å². The lowest BCUT2D eigenvalue weighted by molar-refractivity contribution is 0.0000613. The SMILES string of the molecule is C[Si](C)(C)[Si](CC1CNCC1NOCc1ccccc1)([Si](C)(C)C)[Si](C)(C)C. The van der Waals surface area contributed by atoms with Crippen molar-refractivity contribution in [2.75, 3.05) is 13.1 Å². The highest BCUT2D eigenvalue weighted by Gasteiger charge is 2.62. The molecule has 0 bridgehead atoms. The predicted octanol–water partition coefficient (Wildman–Crippen LogP) is 4.99. The lowest BCUT2D eigenvalue weighted by atomic mass is 10.1. The van der Waals surface area contributed by atoms with Crippen LogP contribution < -0.4 is 10.8 Å². The molecule has 2 N–H and O–H groups in total. The second kappa shape index (κ2) is 8.99. The van der Waals surface area contributed by atoms with Gasteiger partial charge in [-0.1, -0.05) is 95.3 Å². The van der Waals surface area contributed by atoms with Gasteiger partial charge in [0.25, 0.3) is 0 Å². The van der Waals surface area contributed by atoms with Gasteiger partial charge in [-0.05, 0) is 18.0 Å². The molecule has 3 nitrogen and oxygen atoms in total. The van der Waals surface area contributed by atoms with E-state index in [1.807, 2.05) is 0 Å². The van der Waals surface area contributed by atoms with Crippen LogP contribution in [-0.2, 0) is 11.4 Å². The second-order valence-electron chi connectivity index (χ2n) is 11.8. The van der Waals surface area contributed by atoms with Gasteiger partial charge in [-0.25, -0.2) is 0 Å². The van der Waals surface area contributed by atoms with E-state index in [1.165, 1.54) is 11.6 Å². The molecular formula is C21H44N2OSi4. The molecule has 1 saturated heterocycles. The number of hydroxylamine groups is 1. The molecule has 0 spiro atoms. The maximum absolute atomic E-state index is 5.96. The van der Waals surface area contributed by atoms with Gasteiger partial charge >= 0.3 is 0 Å². The summed E-state index contributed by atoms with van der Waals surface area (Å²) in [5, 5.41) is 3.67. The first kappa shape index (κ1) is 24.2. The molecule has 1 aromatic rings. The summed E-state index contributed by atoms with van der Waals surface area (Å²) >= 11 is 0. The predicted molar refractivity (Wildman–Crippen MR) is 135 cm³/mol. The van der Waals surface area contributed by atoms with Crippen molar-refractivity contribution in [3.63, 3.8) is 0 Å². The summed E-state index contributed by atoms with van der Waals surface area (Å²) in [7, 11) is -3.67. The van der Waals surface area contributed by atoms with Gasteiger partial charge in [0.2, 0.25) is 0 Å². The van der Waals surface area contributed by atoms with Crippen LogP contribution in [0, 0.1) is 5.92 Å². The molecule has 1 heterocycles. The van der Waals surface area contributed by atoms with Crippen molar-refractivity contribution in [2.45, 2.75) is 77.6 Å². The zero-order valence-electron chi connectivity index (χ0n) is 19.8. The summed E-state index contributed by atoms with van der Waals surface area (Å²) in [6.07, 6.45) is 0. The molecule has 0 amide bonds. The normalized spacial score (nSPS) is 21.9. The minimum atomic E-state index is -1.33. The Labute approximate surface area is 177 Å². The minimum Gasteiger partial charge on any atom is -0.315 e. The van der Waals surface area contributed by atoms with Crippen LogP contribution in [-0.4, -0.2) is 48.5 Å². The van der Waals surface area contributed by atoms with E-state index in [4.69, 9.17) is 4.84 Å². The van der Waals surface area contributed by atoms with E-state index in [9.17, 15) is 0 Å². The van der Waals surface area contributed by atoms with Crippen LogP contribution in [0.5, 0.6) is 0 Å². The van der Waals surface area contributed by atoms with E-state index in [-0.39, 0.29) is 0 Å². The molecule has 1 aliphatic rings. The Morgan fingerprint density at radius 1 is 0.857 bits per heavy atom. The first-order chi connectivity index (χ1) is 12.8. The Morgan fingerprint density at radius 3 is 1.89 bits per heavy atom. The van der Waals surface area contributed by atoms with Crippen LogP contribution in [0.15, 0.2) is 30.3 Å². The summed E-state index contributed by atoms with van der Waals surface area (Å²) in [6, 6.07) is 12.4. The van der Waals surface area contributed by atoms with Crippen LogP contribution in [0.2, 0.25) is 65.0 Å². The number of benzene rings is 1. The van der Waals surface area contributed by atoms with Crippen LogP contribution in [0.25, 0.3) is 0 Å². The molecule has 0 radical (unpaired) electrons. The second-order valence-corrected chi connectivity index (χ2v) is 53.2. The van der Waals surface area contributed by atoms with Crippen LogP contribution in [0.3, 0.4) is 0 Å². The Bertz CT molecular complexity index is 584. The topological polar surface area (TPSA) is 33.3 Å². The zero-order chi connectivity index (χ0) is 21.2. The van der Waals surface area contributed by atoms with Gasteiger partial charge < -0.3 is 5.32 Å². The van der Waals surface area contributed by atoms with Gasteiger partial charge in [-0.2, -0.15) is 5.48 Å². The Hall–Kier alpha value is -0.0325. The molecule has 1 aromatic carbocycles. The summed E-state index contributed by atoms with van der Waals surface area (Å²) < 4.78 is 0. The molecule has 0 aromatic heterocycles. The van der Waals surface area contributed by atoms with E-state index < -0.39 is 29.4 Å². The summed E-state index contributed by atoms with van der Waals surface area (Å²) in [4.78, 5) is 5.96. The molecule has 28 heavy (non-hydrogen) atoms. The van der Waals surface area contributed by atoms with Crippen LogP contribution in [0.4, 0.5) is 0 Å².